The van der Waals surface area contributed by atoms with E-state index in [0.717, 1.165) is 16.4 Å². The maximum Gasteiger partial charge on any atom is 0.305 e. The molecule has 7 heteroatoms. The Morgan fingerprint density at radius 1 is 1.09 bits per heavy atom. The first-order valence-corrected chi connectivity index (χ1v) is 12.5. The van der Waals surface area contributed by atoms with Crippen LogP contribution in [0.15, 0.2) is 41.1 Å². The van der Waals surface area contributed by atoms with Crippen LogP contribution in [-0.2, 0) is 22.2 Å². The van der Waals surface area contributed by atoms with E-state index in [-0.39, 0.29) is 29.7 Å². The first-order chi connectivity index (χ1) is 14.7. The van der Waals surface area contributed by atoms with Gasteiger partial charge >= 0.3 is 5.97 Å². The Morgan fingerprint density at radius 3 is 2.47 bits per heavy atom. The lowest BCUT2D eigenvalue weighted by Crippen LogP contribution is -2.33. The van der Waals surface area contributed by atoms with E-state index in [0.29, 0.717) is 13.1 Å². The van der Waals surface area contributed by atoms with E-state index in [1.807, 2.05) is 11.4 Å². The second-order valence-electron chi connectivity index (χ2n) is 9.69. The molecule has 0 saturated heterocycles. The van der Waals surface area contributed by atoms with Crippen molar-refractivity contribution in [3.63, 3.8) is 0 Å². The molecule has 1 aliphatic carbocycles. The molecule has 1 aliphatic rings. The number of thiazole rings is 1. The van der Waals surface area contributed by atoms with E-state index >= 15 is 0 Å². The van der Waals surface area contributed by atoms with Crippen LogP contribution in [-0.4, -0.2) is 22.6 Å². The number of hydrogen-bond donors (Lipinski definition) is 1. The Kier molecular flexibility index (Phi) is 7.38. The molecule has 32 heavy (non-hydrogen) atoms. The number of fused-ring (bicyclic) bond motifs is 1. The Bertz CT molecular complexity index is 1070. The molecule has 0 amide bonds. The number of hydrogen-bond acceptors (Lipinski definition) is 5. The summed E-state index contributed by atoms with van der Waals surface area (Å²) in [5, 5.41) is 14.2. The van der Waals surface area contributed by atoms with Crippen molar-refractivity contribution in [3.8, 4) is 11.3 Å². The summed E-state index contributed by atoms with van der Waals surface area (Å²) in [4.78, 5) is 19.4. The molecule has 2 heterocycles. The molecule has 0 fully saturated rings. The van der Waals surface area contributed by atoms with Gasteiger partial charge < -0.3 is 10.0 Å². The van der Waals surface area contributed by atoms with Gasteiger partial charge in [-0.25, -0.2) is 4.98 Å². The zero-order chi connectivity index (χ0) is 22.2. The van der Waals surface area contributed by atoms with Gasteiger partial charge in [-0.3, -0.25) is 4.79 Å². The van der Waals surface area contributed by atoms with Crippen LogP contribution in [0, 0.1) is 0 Å². The van der Waals surface area contributed by atoms with Crippen molar-refractivity contribution in [1.82, 2.24) is 4.98 Å². The van der Waals surface area contributed by atoms with Crippen LogP contribution < -0.4 is 4.90 Å². The molecular formula is C25H31ClN2O2S2. The summed E-state index contributed by atoms with van der Waals surface area (Å²) >= 11 is 3.28. The second kappa shape index (κ2) is 9.54. The van der Waals surface area contributed by atoms with Crippen LogP contribution in [0.1, 0.15) is 63.0 Å². The quantitative estimate of drug-likeness (QED) is 0.383. The van der Waals surface area contributed by atoms with Crippen LogP contribution in [0.5, 0.6) is 0 Å². The van der Waals surface area contributed by atoms with Gasteiger partial charge in [0.25, 0.3) is 0 Å². The van der Waals surface area contributed by atoms with Crippen LogP contribution in [0.3, 0.4) is 0 Å². The van der Waals surface area contributed by atoms with Gasteiger partial charge in [-0.2, -0.15) is 0 Å². The first kappa shape index (κ1) is 24.7. The highest BCUT2D eigenvalue weighted by Gasteiger charge is 2.37. The van der Waals surface area contributed by atoms with E-state index in [9.17, 15) is 9.90 Å². The SMILES string of the molecule is CC1(C)CCC(C)(C)c2cc(-c3csc(N(CCC(=O)O)Cc4cccs4)n3)ccc21.Cl. The van der Waals surface area contributed by atoms with Gasteiger partial charge in [-0.05, 0) is 52.3 Å². The lowest BCUT2D eigenvalue weighted by Gasteiger charge is -2.42. The molecule has 4 rings (SSSR count). The highest BCUT2D eigenvalue weighted by Crippen LogP contribution is 2.47. The molecule has 0 unspecified atom stereocenters. The van der Waals surface area contributed by atoms with Gasteiger partial charge in [-0.1, -0.05) is 45.9 Å². The number of carbonyl (C=O) groups is 1. The number of thiophene rings is 1. The minimum atomic E-state index is -0.785. The number of carboxylic acids is 1. The smallest absolute Gasteiger partial charge is 0.305 e. The number of anilines is 1. The van der Waals surface area contributed by atoms with Crippen molar-refractivity contribution < 1.29 is 9.90 Å². The average Bonchev–Trinajstić information content (AvgIpc) is 3.40. The number of aromatic nitrogens is 1. The largest absolute Gasteiger partial charge is 0.481 e. The van der Waals surface area contributed by atoms with Crippen molar-refractivity contribution in [1.29, 1.82) is 0 Å². The van der Waals surface area contributed by atoms with E-state index in [2.05, 4.69) is 62.2 Å². The van der Waals surface area contributed by atoms with E-state index < -0.39 is 5.97 Å². The summed E-state index contributed by atoms with van der Waals surface area (Å²) in [6.45, 7) is 10.5. The van der Waals surface area contributed by atoms with Crippen LogP contribution in [0.25, 0.3) is 11.3 Å². The number of halogens is 1. The molecule has 1 aromatic carbocycles. The van der Waals surface area contributed by atoms with Gasteiger partial charge in [0, 0.05) is 22.4 Å². The van der Waals surface area contributed by atoms with Crippen LogP contribution >= 0.6 is 35.1 Å². The fraction of sp³-hybridized carbons (Fsp3) is 0.440. The molecule has 2 aromatic heterocycles. The number of nitrogens with zero attached hydrogens (tertiary/aromatic N) is 2. The van der Waals surface area contributed by atoms with E-state index in [1.165, 1.54) is 28.8 Å². The summed E-state index contributed by atoms with van der Waals surface area (Å²) in [6, 6.07) is 10.9. The van der Waals surface area contributed by atoms with Gasteiger partial charge in [0.1, 0.15) is 0 Å². The molecule has 0 aliphatic heterocycles. The molecule has 1 N–H and O–H groups in total. The summed E-state index contributed by atoms with van der Waals surface area (Å²) < 4.78 is 0. The maximum atomic E-state index is 11.2. The molecule has 0 spiro atoms. The molecule has 0 atom stereocenters. The van der Waals surface area contributed by atoms with Gasteiger partial charge in [0.15, 0.2) is 5.13 Å². The number of aliphatic carboxylic acids is 1. The third-order valence-electron chi connectivity index (χ3n) is 6.43. The predicted octanol–water partition coefficient (Wildman–Crippen LogP) is 7.12. The van der Waals surface area contributed by atoms with Gasteiger partial charge in [0.2, 0.25) is 0 Å². The predicted molar refractivity (Wildman–Crippen MR) is 138 cm³/mol. The van der Waals surface area contributed by atoms with Crippen molar-refractivity contribution in [2.24, 2.45) is 0 Å². The average molecular weight is 491 g/mol. The Labute approximate surface area is 204 Å². The van der Waals surface area contributed by atoms with Crippen LogP contribution in [0.4, 0.5) is 5.13 Å². The lowest BCUT2D eigenvalue weighted by molar-refractivity contribution is -0.136. The van der Waals surface area contributed by atoms with Crippen molar-refractivity contribution >= 4 is 46.2 Å². The topological polar surface area (TPSA) is 53.4 Å². The molecule has 0 bridgehead atoms. The normalized spacial score (nSPS) is 16.1. The third kappa shape index (κ3) is 5.19. The number of rotatable bonds is 7. The number of carboxylic acid groups (broad SMARTS) is 1. The molecule has 3 aromatic rings. The number of benzene rings is 1. The fourth-order valence-corrected chi connectivity index (χ4v) is 5.93. The Hall–Kier alpha value is -1.89. The van der Waals surface area contributed by atoms with E-state index in [4.69, 9.17) is 4.98 Å². The maximum absolute atomic E-state index is 11.2. The molecule has 172 valence electrons. The first-order valence-electron chi connectivity index (χ1n) is 10.8. The summed E-state index contributed by atoms with van der Waals surface area (Å²) in [5.41, 5.74) is 5.34. The van der Waals surface area contributed by atoms with Crippen molar-refractivity contribution in [2.45, 2.75) is 64.3 Å². The molecular weight excluding hydrogens is 460 g/mol. The summed E-state index contributed by atoms with van der Waals surface area (Å²) in [7, 11) is 0. The lowest BCUT2D eigenvalue weighted by atomic mass is 9.63. The minimum Gasteiger partial charge on any atom is -0.481 e. The summed E-state index contributed by atoms with van der Waals surface area (Å²) in [6.07, 6.45) is 2.49. The van der Waals surface area contributed by atoms with Gasteiger partial charge in [-0.15, -0.1) is 35.1 Å². The molecule has 4 nitrogen and oxygen atoms in total. The Morgan fingerprint density at radius 2 is 1.81 bits per heavy atom. The minimum absolute atomic E-state index is 0. The third-order valence-corrected chi connectivity index (χ3v) is 8.20. The van der Waals surface area contributed by atoms with E-state index in [1.54, 1.807) is 22.7 Å². The van der Waals surface area contributed by atoms with Gasteiger partial charge in [0.05, 0.1) is 18.7 Å². The monoisotopic (exact) mass is 490 g/mol. The highest BCUT2D eigenvalue weighted by molar-refractivity contribution is 7.14. The standard InChI is InChI=1S/C25H30N2O2S2.ClH/c1-24(2)10-11-25(3,4)20-14-17(7-8-19(20)24)21-16-31-23(26-21)27(12-9-22(28)29)15-18-6-5-13-30-18;/h5-8,13-14,16H,9-12,15H2,1-4H3,(H,28,29);1H. The zero-order valence-corrected chi connectivity index (χ0v) is 21.5. The summed E-state index contributed by atoms with van der Waals surface area (Å²) in [5.74, 6) is -0.785. The van der Waals surface area contributed by atoms with Crippen molar-refractivity contribution in [2.75, 3.05) is 11.4 Å². The molecule has 0 saturated carbocycles. The van der Waals surface area contributed by atoms with Crippen LogP contribution in [0.2, 0.25) is 0 Å². The zero-order valence-electron chi connectivity index (χ0n) is 19.1. The second-order valence-corrected chi connectivity index (χ2v) is 11.6. The highest BCUT2D eigenvalue weighted by atomic mass is 35.5. The fourth-order valence-electron chi connectivity index (χ4n) is 4.35. The molecule has 0 radical (unpaired) electrons. The van der Waals surface area contributed by atoms with Crippen molar-refractivity contribution in [3.05, 3.63) is 57.1 Å². The Balaban J connectivity index is 0.00000289.